The molecule has 0 saturated carbocycles. The van der Waals surface area contributed by atoms with Gasteiger partial charge in [-0.25, -0.2) is 4.39 Å². The van der Waals surface area contributed by atoms with Crippen molar-refractivity contribution >= 4 is 5.91 Å². The summed E-state index contributed by atoms with van der Waals surface area (Å²) in [6.07, 6.45) is 0. The Morgan fingerprint density at radius 3 is 2.38 bits per heavy atom. The topological polar surface area (TPSA) is 48.0 Å². The van der Waals surface area contributed by atoms with E-state index in [-0.39, 0.29) is 29.4 Å². The third-order valence-corrected chi connectivity index (χ3v) is 3.62. The molecular weight excluding hydrogens is 351 g/mol. The highest BCUT2D eigenvalue weighted by atomic mass is 19.3. The summed E-state index contributed by atoms with van der Waals surface area (Å²) in [6.45, 7) is -3.05. The Morgan fingerprint density at radius 2 is 1.81 bits per heavy atom. The number of nitrogens with zero attached hydrogens (tertiary/aromatic N) is 1. The van der Waals surface area contributed by atoms with Gasteiger partial charge in [0.1, 0.15) is 0 Å². The lowest BCUT2D eigenvalue weighted by Crippen LogP contribution is -2.27. The summed E-state index contributed by atoms with van der Waals surface area (Å²) in [5.74, 6) is -1.38. The van der Waals surface area contributed by atoms with E-state index in [9.17, 15) is 18.0 Å². The Hall–Kier alpha value is -2.90. The van der Waals surface area contributed by atoms with Crippen molar-refractivity contribution < 1.29 is 32.2 Å². The van der Waals surface area contributed by atoms with E-state index in [4.69, 9.17) is 9.47 Å². The molecule has 140 valence electrons. The molecular formula is C18H18F3NO4. The molecule has 0 aliphatic rings. The van der Waals surface area contributed by atoms with Crippen molar-refractivity contribution in [1.29, 1.82) is 0 Å². The van der Waals surface area contributed by atoms with Gasteiger partial charge in [-0.15, -0.1) is 0 Å². The average molecular weight is 369 g/mol. The van der Waals surface area contributed by atoms with E-state index in [0.29, 0.717) is 5.56 Å². The Labute approximate surface area is 148 Å². The van der Waals surface area contributed by atoms with E-state index < -0.39 is 18.3 Å². The SMILES string of the molecule is COc1ccc(CN(C)C(=O)c2cccc(OC)c2OC(F)F)cc1F. The molecule has 0 bridgehead atoms. The molecule has 0 fully saturated rings. The molecule has 2 aromatic rings. The largest absolute Gasteiger partial charge is 0.494 e. The van der Waals surface area contributed by atoms with E-state index in [0.717, 1.165) is 0 Å². The zero-order valence-electron chi connectivity index (χ0n) is 14.5. The second kappa shape index (κ2) is 8.46. The quantitative estimate of drug-likeness (QED) is 0.746. The number of methoxy groups -OCH3 is 2. The van der Waals surface area contributed by atoms with Gasteiger partial charge in [-0.2, -0.15) is 8.78 Å². The fraction of sp³-hybridized carbons (Fsp3) is 0.278. The molecule has 0 atom stereocenters. The minimum Gasteiger partial charge on any atom is -0.494 e. The van der Waals surface area contributed by atoms with Crippen LogP contribution in [0.2, 0.25) is 0 Å². The lowest BCUT2D eigenvalue weighted by atomic mass is 10.1. The average Bonchev–Trinajstić information content (AvgIpc) is 2.61. The molecule has 0 aliphatic heterocycles. The standard InChI is InChI=1S/C18H18F3NO4/c1-22(10-11-7-8-14(24-2)13(19)9-11)17(23)12-5-4-6-15(25-3)16(12)26-18(20)21/h4-9,18H,10H2,1-3H3. The second-order valence-electron chi connectivity index (χ2n) is 5.35. The van der Waals surface area contributed by atoms with Crippen LogP contribution in [0.4, 0.5) is 13.2 Å². The van der Waals surface area contributed by atoms with Crippen LogP contribution >= 0.6 is 0 Å². The van der Waals surface area contributed by atoms with Crippen LogP contribution in [-0.4, -0.2) is 38.7 Å². The van der Waals surface area contributed by atoms with E-state index in [2.05, 4.69) is 4.74 Å². The van der Waals surface area contributed by atoms with Gasteiger partial charge in [0, 0.05) is 13.6 Å². The molecule has 0 saturated heterocycles. The molecule has 0 radical (unpaired) electrons. The molecule has 2 aromatic carbocycles. The number of hydrogen-bond acceptors (Lipinski definition) is 4. The zero-order valence-corrected chi connectivity index (χ0v) is 14.5. The molecule has 0 aliphatic carbocycles. The maximum atomic E-state index is 13.8. The van der Waals surface area contributed by atoms with Crippen LogP contribution in [0.3, 0.4) is 0 Å². The molecule has 5 nitrogen and oxygen atoms in total. The number of ether oxygens (including phenoxy) is 3. The Bertz CT molecular complexity index is 783. The van der Waals surface area contributed by atoms with Gasteiger partial charge in [-0.05, 0) is 29.8 Å². The molecule has 0 spiro atoms. The third kappa shape index (κ3) is 4.38. The van der Waals surface area contributed by atoms with E-state index >= 15 is 0 Å². The van der Waals surface area contributed by atoms with Crippen molar-refractivity contribution in [3.63, 3.8) is 0 Å². The van der Waals surface area contributed by atoms with Crippen LogP contribution in [0.5, 0.6) is 17.2 Å². The maximum Gasteiger partial charge on any atom is 0.387 e. The van der Waals surface area contributed by atoms with Gasteiger partial charge in [0.25, 0.3) is 5.91 Å². The highest BCUT2D eigenvalue weighted by molar-refractivity contribution is 5.97. The van der Waals surface area contributed by atoms with Gasteiger partial charge in [0.15, 0.2) is 23.1 Å². The van der Waals surface area contributed by atoms with E-state index in [1.54, 1.807) is 6.07 Å². The first kappa shape index (κ1) is 19.4. The van der Waals surface area contributed by atoms with Crippen molar-refractivity contribution in [2.75, 3.05) is 21.3 Å². The van der Waals surface area contributed by atoms with Crippen LogP contribution in [0.1, 0.15) is 15.9 Å². The predicted octanol–water partition coefficient (Wildman–Crippen LogP) is 3.72. The summed E-state index contributed by atoms with van der Waals surface area (Å²) in [5, 5.41) is 0. The number of hydrogen-bond donors (Lipinski definition) is 0. The molecule has 1 amide bonds. The lowest BCUT2D eigenvalue weighted by molar-refractivity contribution is -0.0516. The van der Waals surface area contributed by atoms with Gasteiger partial charge < -0.3 is 19.1 Å². The number of para-hydroxylation sites is 1. The summed E-state index contributed by atoms with van der Waals surface area (Å²) < 4.78 is 53.4. The Morgan fingerprint density at radius 1 is 1.12 bits per heavy atom. The van der Waals surface area contributed by atoms with Crippen LogP contribution in [-0.2, 0) is 6.54 Å². The van der Waals surface area contributed by atoms with Crippen LogP contribution in [0.15, 0.2) is 36.4 Å². The smallest absolute Gasteiger partial charge is 0.387 e. The summed E-state index contributed by atoms with van der Waals surface area (Å²) in [4.78, 5) is 13.9. The van der Waals surface area contributed by atoms with E-state index in [1.165, 1.54) is 56.5 Å². The maximum absolute atomic E-state index is 13.8. The van der Waals surface area contributed by atoms with Crippen molar-refractivity contribution in [2.45, 2.75) is 13.2 Å². The van der Waals surface area contributed by atoms with Crippen molar-refractivity contribution in [3.8, 4) is 17.2 Å². The fourth-order valence-electron chi connectivity index (χ4n) is 2.42. The molecule has 26 heavy (non-hydrogen) atoms. The minimum absolute atomic E-state index is 0.0139. The monoisotopic (exact) mass is 369 g/mol. The van der Waals surface area contributed by atoms with Gasteiger partial charge >= 0.3 is 6.61 Å². The number of benzene rings is 2. The fourth-order valence-corrected chi connectivity index (χ4v) is 2.42. The van der Waals surface area contributed by atoms with Crippen LogP contribution in [0, 0.1) is 5.82 Å². The number of amides is 1. The molecule has 0 aromatic heterocycles. The summed E-state index contributed by atoms with van der Waals surface area (Å²) in [5.41, 5.74) is 0.430. The third-order valence-electron chi connectivity index (χ3n) is 3.62. The first-order valence-electron chi connectivity index (χ1n) is 7.57. The lowest BCUT2D eigenvalue weighted by Gasteiger charge is -2.20. The van der Waals surface area contributed by atoms with Gasteiger partial charge in [0.2, 0.25) is 0 Å². The summed E-state index contributed by atoms with van der Waals surface area (Å²) >= 11 is 0. The predicted molar refractivity (Wildman–Crippen MR) is 88.4 cm³/mol. The van der Waals surface area contributed by atoms with E-state index in [1.807, 2.05) is 0 Å². The Balaban J connectivity index is 2.26. The van der Waals surface area contributed by atoms with Gasteiger partial charge in [-0.3, -0.25) is 4.79 Å². The van der Waals surface area contributed by atoms with Crippen LogP contribution in [0.25, 0.3) is 0 Å². The summed E-state index contributed by atoms with van der Waals surface area (Å²) in [7, 11) is 4.10. The number of rotatable bonds is 7. The highest BCUT2D eigenvalue weighted by Gasteiger charge is 2.23. The van der Waals surface area contributed by atoms with Gasteiger partial charge in [0.05, 0.1) is 19.8 Å². The first-order chi connectivity index (χ1) is 12.4. The molecule has 0 N–H and O–H groups in total. The van der Waals surface area contributed by atoms with Crippen molar-refractivity contribution in [3.05, 3.63) is 53.3 Å². The summed E-state index contributed by atoms with van der Waals surface area (Å²) in [6, 6.07) is 8.55. The number of carbonyl (C=O) groups is 1. The molecule has 8 heteroatoms. The number of alkyl halides is 2. The zero-order chi connectivity index (χ0) is 19.3. The van der Waals surface area contributed by atoms with Crippen molar-refractivity contribution in [2.24, 2.45) is 0 Å². The normalized spacial score (nSPS) is 10.6. The Kier molecular flexibility index (Phi) is 6.32. The van der Waals surface area contributed by atoms with Crippen LogP contribution < -0.4 is 14.2 Å². The first-order valence-corrected chi connectivity index (χ1v) is 7.57. The van der Waals surface area contributed by atoms with Gasteiger partial charge in [-0.1, -0.05) is 12.1 Å². The van der Waals surface area contributed by atoms with Crippen molar-refractivity contribution in [1.82, 2.24) is 4.90 Å². The molecule has 0 unspecified atom stereocenters. The second-order valence-corrected chi connectivity index (χ2v) is 5.35. The minimum atomic E-state index is -3.11. The number of halogens is 3. The molecule has 0 heterocycles. The number of carbonyl (C=O) groups excluding carboxylic acids is 1. The highest BCUT2D eigenvalue weighted by Crippen LogP contribution is 2.33. The molecule has 2 rings (SSSR count).